The van der Waals surface area contributed by atoms with Crippen LogP contribution in [-0.2, 0) is 13.2 Å². The van der Waals surface area contributed by atoms with Gasteiger partial charge in [-0.1, -0.05) is 6.07 Å². The highest BCUT2D eigenvalue weighted by Crippen LogP contribution is 2.31. The lowest BCUT2D eigenvalue weighted by Crippen LogP contribution is -2.22. The molecule has 0 saturated carbocycles. The second-order valence-electron chi connectivity index (χ2n) is 6.84. The lowest BCUT2D eigenvalue weighted by molar-refractivity contribution is -0.137. The van der Waals surface area contributed by atoms with E-state index in [2.05, 4.69) is 30.7 Å². The van der Waals surface area contributed by atoms with Gasteiger partial charge in [0.1, 0.15) is 5.82 Å². The molecule has 1 atom stereocenters. The van der Waals surface area contributed by atoms with Crippen molar-refractivity contribution in [3.63, 3.8) is 0 Å². The highest BCUT2D eigenvalue weighted by molar-refractivity contribution is 5.89. The zero-order valence-electron chi connectivity index (χ0n) is 16.4. The Morgan fingerprint density at radius 3 is 2.55 bits per heavy atom. The second-order valence-corrected chi connectivity index (χ2v) is 6.84. The van der Waals surface area contributed by atoms with E-state index in [1.807, 2.05) is 18.2 Å². The van der Waals surface area contributed by atoms with Crippen LogP contribution in [0.2, 0.25) is 0 Å². The van der Waals surface area contributed by atoms with Crippen LogP contribution in [0, 0.1) is 0 Å². The lowest BCUT2D eigenvalue weighted by atomic mass is 10.2. The Bertz CT molecular complexity index is 1170. The van der Waals surface area contributed by atoms with Crippen LogP contribution in [-0.4, -0.2) is 31.3 Å². The summed E-state index contributed by atoms with van der Waals surface area (Å²) in [6.07, 6.45) is -1.14. The summed E-state index contributed by atoms with van der Waals surface area (Å²) in [6, 6.07) is 9.82. The van der Waals surface area contributed by atoms with E-state index in [1.54, 1.807) is 24.1 Å². The Balaban J connectivity index is 1.58. The summed E-state index contributed by atoms with van der Waals surface area (Å²) < 4.78 is 40.0. The molecule has 4 N–H and O–H groups in total. The Labute approximate surface area is 175 Å². The van der Waals surface area contributed by atoms with Gasteiger partial charge in [0, 0.05) is 25.5 Å². The predicted molar refractivity (Wildman–Crippen MR) is 111 cm³/mol. The summed E-state index contributed by atoms with van der Waals surface area (Å²) in [5, 5.41) is 11.0. The summed E-state index contributed by atoms with van der Waals surface area (Å²) in [6.45, 7) is 0.333. The minimum atomic E-state index is -4.40. The van der Waals surface area contributed by atoms with Crippen molar-refractivity contribution in [3.8, 4) is 0 Å². The molecule has 3 aromatic heterocycles. The van der Waals surface area contributed by atoms with Crippen molar-refractivity contribution in [1.29, 1.82) is 0 Å². The van der Waals surface area contributed by atoms with E-state index >= 15 is 0 Å². The van der Waals surface area contributed by atoms with Crippen LogP contribution in [0.25, 0.3) is 11.0 Å². The van der Waals surface area contributed by atoms with E-state index in [9.17, 15) is 13.2 Å². The fraction of sp³-hybridized carbons (Fsp3) is 0.200. The van der Waals surface area contributed by atoms with Crippen LogP contribution in [0.4, 0.5) is 30.6 Å². The van der Waals surface area contributed by atoms with Crippen LogP contribution in [0.5, 0.6) is 0 Å². The topological polar surface area (TPSA) is 107 Å². The molecule has 0 amide bonds. The lowest BCUT2D eigenvalue weighted by Gasteiger charge is -2.14. The molecule has 0 aliphatic rings. The molecular weight excluding hydrogens is 409 g/mol. The molecule has 1 aromatic carbocycles. The molecule has 31 heavy (non-hydrogen) atoms. The van der Waals surface area contributed by atoms with Gasteiger partial charge in [-0.3, -0.25) is 9.67 Å². The number of benzene rings is 1. The molecule has 3 heterocycles. The van der Waals surface area contributed by atoms with Crippen LogP contribution >= 0.6 is 0 Å². The molecule has 4 rings (SSSR count). The molecule has 11 heteroatoms. The van der Waals surface area contributed by atoms with E-state index < -0.39 is 11.7 Å². The first kappa shape index (κ1) is 20.5. The molecule has 0 saturated heterocycles. The third-order valence-electron chi connectivity index (χ3n) is 4.61. The summed E-state index contributed by atoms with van der Waals surface area (Å²) in [7, 11) is 1.74. The third-order valence-corrected chi connectivity index (χ3v) is 4.61. The van der Waals surface area contributed by atoms with Gasteiger partial charge in [0.05, 0.1) is 28.9 Å². The number of aryl methyl sites for hydroxylation is 1. The van der Waals surface area contributed by atoms with Crippen molar-refractivity contribution in [3.05, 3.63) is 66.1 Å². The largest absolute Gasteiger partial charge is 0.416 e. The van der Waals surface area contributed by atoms with E-state index in [0.29, 0.717) is 35.0 Å². The highest BCUT2D eigenvalue weighted by atomic mass is 19.4. The van der Waals surface area contributed by atoms with Gasteiger partial charge in [-0.25, -0.2) is 0 Å². The number of rotatable bonds is 6. The number of aromatic nitrogens is 5. The van der Waals surface area contributed by atoms with Gasteiger partial charge in [-0.05, 0) is 36.4 Å². The molecule has 0 bridgehead atoms. The van der Waals surface area contributed by atoms with Gasteiger partial charge in [0.15, 0.2) is 5.65 Å². The first-order valence-corrected chi connectivity index (χ1v) is 9.35. The number of alkyl halides is 3. The van der Waals surface area contributed by atoms with Gasteiger partial charge >= 0.3 is 6.18 Å². The number of anilines is 3. The number of nitrogens with two attached hydrogens (primary N) is 1. The smallest absolute Gasteiger partial charge is 0.352 e. The number of nitrogens with zero attached hydrogens (tertiary/aromatic N) is 5. The summed E-state index contributed by atoms with van der Waals surface area (Å²) in [5.41, 5.74) is 7.17. The monoisotopic (exact) mass is 428 g/mol. The standard InChI is InChI=1S/C20H19F3N8/c1-31-18-14(10-27-31)17(28-13-7-5-12(6-8-13)20(21,22)23)29-19(30-18)26-11-15(24)16-4-2-3-9-25-16/h2-10,15H,11,24H2,1H3,(H2,26,28,29,30). The Morgan fingerprint density at radius 2 is 1.87 bits per heavy atom. The van der Waals surface area contributed by atoms with Gasteiger partial charge in [0.25, 0.3) is 0 Å². The van der Waals surface area contributed by atoms with Gasteiger partial charge in [-0.15, -0.1) is 0 Å². The number of halogens is 3. The van der Waals surface area contributed by atoms with Gasteiger partial charge in [-0.2, -0.15) is 28.2 Å². The van der Waals surface area contributed by atoms with Crippen LogP contribution < -0.4 is 16.4 Å². The molecule has 160 valence electrons. The first-order chi connectivity index (χ1) is 14.8. The minimum Gasteiger partial charge on any atom is -0.352 e. The SMILES string of the molecule is Cn1ncc2c(Nc3ccc(C(F)(F)F)cc3)nc(NCC(N)c3ccccn3)nc21. The van der Waals surface area contributed by atoms with E-state index in [-0.39, 0.29) is 6.04 Å². The van der Waals surface area contributed by atoms with Crippen molar-refractivity contribution >= 4 is 28.5 Å². The molecule has 0 radical (unpaired) electrons. The second kappa shape index (κ2) is 8.19. The molecule has 0 aliphatic heterocycles. The maximum Gasteiger partial charge on any atom is 0.416 e. The predicted octanol–water partition coefficient (Wildman–Crippen LogP) is 3.63. The normalized spacial score (nSPS) is 12.7. The molecule has 8 nitrogen and oxygen atoms in total. The van der Waals surface area contributed by atoms with Crippen molar-refractivity contribution in [2.45, 2.75) is 12.2 Å². The fourth-order valence-electron chi connectivity index (χ4n) is 2.98. The number of hydrogen-bond donors (Lipinski definition) is 3. The van der Waals surface area contributed by atoms with Crippen LogP contribution in [0.15, 0.2) is 54.9 Å². The van der Waals surface area contributed by atoms with Crippen molar-refractivity contribution in [2.75, 3.05) is 17.2 Å². The third kappa shape index (κ3) is 4.56. The number of pyridine rings is 1. The number of nitrogens with one attached hydrogen (secondary N) is 2. The number of hydrogen-bond acceptors (Lipinski definition) is 7. The van der Waals surface area contributed by atoms with Gasteiger partial charge in [0.2, 0.25) is 5.95 Å². The zero-order chi connectivity index (χ0) is 22.0. The van der Waals surface area contributed by atoms with E-state index in [0.717, 1.165) is 17.8 Å². The average molecular weight is 428 g/mol. The number of fused-ring (bicyclic) bond motifs is 1. The van der Waals surface area contributed by atoms with Gasteiger partial charge < -0.3 is 16.4 Å². The Kier molecular flexibility index (Phi) is 5.42. The maximum atomic E-state index is 12.8. The summed E-state index contributed by atoms with van der Waals surface area (Å²) in [4.78, 5) is 13.2. The molecule has 4 aromatic rings. The molecule has 0 fully saturated rings. The molecule has 0 spiro atoms. The summed E-state index contributed by atoms with van der Waals surface area (Å²) >= 11 is 0. The van der Waals surface area contributed by atoms with Crippen molar-refractivity contribution in [2.24, 2.45) is 12.8 Å². The Hall–Kier alpha value is -3.73. The van der Waals surface area contributed by atoms with Crippen LogP contribution in [0.3, 0.4) is 0 Å². The van der Waals surface area contributed by atoms with Crippen molar-refractivity contribution in [1.82, 2.24) is 24.7 Å². The molecule has 1 unspecified atom stereocenters. The average Bonchev–Trinajstić information content (AvgIpc) is 3.13. The maximum absolute atomic E-state index is 12.8. The van der Waals surface area contributed by atoms with E-state index in [1.165, 1.54) is 12.1 Å². The quantitative estimate of drug-likeness (QED) is 0.431. The fourth-order valence-corrected chi connectivity index (χ4v) is 2.98. The Morgan fingerprint density at radius 1 is 1.10 bits per heavy atom. The first-order valence-electron chi connectivity index (χ1n) is 9.35. The molecule has 0 aliphatic carbocycles. The minimum absolute atomic E-state index is 0.303. The summed E-state index contributed by atoms with van der Waals surface area (Å²) in [5.74, 6) is 0.712. The highest BCUT2D eigenvalue weighted by Gasteiger charge is 2.30. The van der Waals surface area contributed by atoms with E-state index in [4.69, 9.17) is 5.73 Å². The molecular formula is C20H19F3N8. The van der Waals surface area contributed by atoms with Crippen molar-refractivity contribution < 1.29 is 13.2 Å². The zero-order valence-corrected chi connectivity index (χ0v) is 16.4. The van der Waals surface area contributed by atoms with Crippen LogP contribution in [0.1, 0.15) is 17.3 Å².